The number of anilines is 2. The lowest BCUT2D eigenvalue weighted by Crippen LogP contribution is -2.47. The Morgan fingerprint density at radius 2 is 1.50 bits per heavy atom. The Morgan fingerprint density at radius 1 is 0.844 bits per heavy atom. The molecule has 1 aliphatic rings. The van der Waals surface area contributed by atoms with Gasteiger partial charge in [0.05, 0.1) is 0 Å². The molecule has 32 heavy (non-hydrogen) atoms. The van der Waals surface area contributed by atoms with Crippen LogP contribution in [0.1, 0.15) is 12.0 Å². The highest BCUT2D eigenvalue weighted by molar-refractivity contribution is 5.75. The third kappa shape index (κ3) is 5.75. The maximum Gasteiger partial charge on any atom is 0.267 e. The van der Waals surface area contributed by atoms with Crippen molar-refractivity contribution in [2.75, 3.05) is 42.5 Å². The highest BCUT2D eigenvalue weighted by atomic mass is 16.2. The topological polar surface area (TPSA) is 70.5 Å². The average Bonchev–Trinajstić information content (AvgIpc) is 2.85. The number of hydrogen-bond acceptors (Lipinski definition) is 5. The number of benzene rings is 2. The Morgan fingerprint density at radius 3 is 2.22 bits per heavy atom. The van der Waals surface area contributed by atoms with Crippen molar-refractivity contribution in [3.8, 4) is 0 Å². The number of nitrogens with one attached hydrogen (secondary N) is 1. The first-order chi connectivity index (χ1) is 15.7. The van der Waals surface area contributed by atoms with E-state index in [-0.39, 0.29) is 18.0 Å². The number of hydrogen-bond donors (Lipinski definition) is 1. The van der Waals surface area contributed by atoms with Gasteiger partial charge in [-0.05, 0) is 36.6 Å². The summed E-state index contributed by atoms with van der Waals surface area (Å²) in [4.78, 5) is 29.1. The molecule has 0 saturated carbocycles. The maximum absolute atomic E-state index is 12.3. The van der Waals surface area contributed by atoms with Gasteiger partial charge in [0, 0.05) is 44.5 Å². The minimum atomic E-state index is -0.267. The van der Waals surface area contributed by atoms with E-state index in [0.29, 0.717) is 6.54 Å². The Kier molecular flexibility index (Phi) is 7.17. The summed E-state index contributed by atoms with van der Waals surface area (Å²) in [6, 6.07) is 23.8. The van der Waals surface area contributed by atoms with Crippen molar-refractivity contribution in [3.05, 3.63) is 88.7 Å². The van der Waals surface area contributed by atoms with Crippen LogP contribution in [0.3, 0.4) is 0 Å². The van der Waals surface area contributed by atoms with Gasteiger partial charge in [-0.2, -0.15) is 5.10 Å². The summed E-state index contributed by atoms with van der Waals surface area (Å²) in [7, 11) is 0. The van der Waals surface area contributed by atoms with E-state index in [0.717, 1.165) is 44.8 Å². The molecule has 4 rings (SSSR count). The van der Waals surface area contributed by atoms with Crippen LogP contribution >= 0.6 is 0 Å². The molecule has 7 heteroatoms. The molecular weight excluding hydrogens is 402 g/mol. The molecule has 2 aromatic carbocycles. The van der Waals surface area contributed by atoms with Crippen LogP contribution < -0.4 is 20.7 Å². The molecular formula is C25H29N5O2. The van der Waals surface area contributed by atoms with Crippen molar-refractivity contribution in [1.29, 1.82) is 0 Å². The molecule has 3 aromatic rings. The second-order valence-corrected chi connectivity index (χ2v) is 7.94. The van der Waals surface area contributed by atoms with E-state index in [4.69, 9.17) is 0 Å². The second-order valence-electron chi connectivity index (χ2n) is 7.94. The first-order valence-electron chi connectivity index (χ1n) is 11.1. The van der Waals surface area contributed by atoms with Gasteiger partial charge in [-0.15, -0.1) is 0 Å². The van der Waals surface area contributed by atoms with Crippen LogP contribution in [0.25, 0.3) is 0 Å². The SMILES string of the molecule is O=C(Cn1nc(N2CCN(c3ccccc3)CC2)ccc1=O)NCCCc1ccccc1. The van der Waals surface area contributed by atoms with E-state index in [1.165, 1.54) is 22.0 Å². The van der Waals surface area contributed by atoms with Crippen molar-refractivity contribution >= 4 is 17.4 Å². The fourth-order valence-electron chi connectivity index (χ4n) is 3.91. The molecule has 1 fully saturated rings. The van der Waals surface area contributed by atoms with Crippen molar-refractivity contribution in [3.63, 3.8) is 0 Å². The van der Waals surface area contributed by atoms with Gasteiger partial charge in [-0.25, -0.2) is 4.68 Å². The molecule has 7 nitrogen and oxygen atoms in total. The van der Waals surface area contributed by atoms with Gasteiger partial charge in [-0.3, -0.25) is 9.59 Å². The summed E-state index contributed by atoms with van der Waals surface area (Å²) in [6.07, 6.45) is 1.76. The minimum Gasteiger partial charge on any atom is -0.368 e. The predicted molar refractivity (Wildman–Crippen MR) is 127 cm³/mol. The Labute approximate surface area is 188 Å². The Bertz CT molecular complexity index is 1060. The van der Waals surface area contributed by atoms with Crippen LogP contribution in [0.2, 0.25) is 0 Å². The number of carbonyl (C=O) groups is 1. The van der Waals surface area contributed by atoms with Gasteiger partial charge < -0.3 is 15.1 Å². The lowest BCUT2D eigenvalue weighted by Gasteiger charge is -2.36. The summed E-state index contributed by atoms with van der Waals surface area (Å²) in [5.41, 5.74) is 2.20. The zero-order valence-electron chi connectivity index (χ0n) is 18.2. The van der Waals surface area contributed by atoms with E-state index >= 15 is 0 Å². The molecule has 0 bridgehead atoms. The summed E-state index contributed by atoms with van der Waals surface area (Å²) in [6.45, 7) is 3.89. The predicted octanol–water partition coefficient (Wildman–Crippen LogP) is 2.32. The fraction of sp³-hybridized carbons (Fsp3) is 0.320. The number of rotatable bonds is 8. The Hall–Kier alpha value is -3.61. The summed E-state index contributed by atoms with van der Waals surface area (Å²) >= 11 is 0. The van der Waals surface area contributed by atoms with Gasteiger partial charge in [0.2, 0.25) is 5.91 Å². The molecule has 1 aromatic heterocycles. The van der Waals surface area contributed by atoms with E-state index in [9.17, 15) is 9.59 Å². The number of amides is 1. The Balaban J connectivity index is 1.28. The molecule has 1 aliphatic heterocycles. The van der Waals surface area contributed by atoms with Gasteiger partial charge in [-0.1, -0.05) is 48.5 Å². The minimum absolute atomic E-state index is 0.0675. The molecule has 0 atom stereocenters. The average molecular weight is 432 g/mol. The first-order valence-corrected chi connectivity index (χ1v) is 11.1. The number of aryl methyl sites for hydroxylation is 1. The first kappa shape index (κ1) is 21.6. The normalized spacial score (nSPS) is 13.8. The van der Waals surface area contributed by atoms with Crippen LogP contribution in [-0.2, 0) is 17.8 Å². The molecule has 1 amide bonds. The number of aromatic nitrogens is 2. The molecule has 0 spiro atoms. The largest absolute Gasteiger partial charge is 0.368 e. The van der Waals surface area contributed by atoms with E-state index in [1.807, 2.05) is 36.4 Å². The lowest BCUT2D eigenvalue weighted by molar-refractivity contribution is -0.121. The standard InChI is InChI=1S/C25H29N5O2/c31-24(26-15-7-10-21-8-3-1-4-9-21)20-30-25(32)14-13-23(27-30)29-18-16-28(17-19-29)22-11-5-2-6-12-22/h1-6,8-9,11-14H,7,10,15-20H2,(H,26,31). The van der Waals surface area contributed by atoms with Crippen molar-refractivity contribution in [1.82, 2.24) is 15.1 Å². The van der Waals surface area contributed by atoms with Gasteiger partial charge in [0.1, 0.15) is 12.4 Å². The van der Waals surface area contributed by atoms with Crippen molar-refractivity contribution in [2.45, 2.75) is 19.4 Å². The summed E-state index contributed by atoms with van der Waals surface area (Å²) in [5.74, 6) is 0.535. The van der Waals surface area contributed by atoms with Gasteiger partial charge >= 0.3 is 0 Å². The van der Waals surface area contributed by atoms with Gasteiger partial charge in [0.15, 0.2) is 0 Å². The number of piperazine rings is 1. The smallest absolute Gasteiger partial charge is 0.267 e. The molecule has 0 unspecified atom stereocenters. The highest BCUT2D eigenvalue weighted by Crippen LogP contribution is 2.18. The zero-order valence-corrected chi connectivity index (χ0v) is 18.2. The summed E-state index contributed by atoms with van der Waals surface area (Å²) < 4.78 is 1.26. The molecule has 0 aliphatic carbocycles. The van der Waals surface area contributed by atoms with E-state index in [2.05, 4.69) is 44.5 Å². The number of para-hydroxylation sites is 1. The van der Waals surface area contributed by atoms with Crippen LogP contribution in [0, 0.1) is 0 Å². The van der Waals surface area contributed by atoms with Crippen LogP contribution in [-0.4, -0.2) is 48.4 Å². The quantitative estimate of drug-likeness (QED) is 0.555. The molecule has 2 heterocycles. The molecule has 166 valence electrons. The van der Waals surface area contributed by atoms with Crippen LogP contribution in [0.15, 0.2) is 77.6 Å². The van der Waals surface area contributed by atoms with Crippen molar-refractivity contribution in [2.24, 2.45) is 0 Å². The van der Waals surface area contributed by atoms with Crippen LogP contribution in [0.5, 0.6) is 0 Å². The molecule has 0 radical (unpaired) electrons. The van der Waals surface area contributed by atoms with Gasteiger partial charge in [0.25, 0.3) is 5.56 Å². The molecule has 1 saturated heterocycles. The summed E-state index contributed by atoms with van der Waals surface area (Å²) in [5, 5.41) is 7.35. The number of nitrogens with zero attached hydrogens (tertiary/aromatic N) is 4. The fourth-order valence-corrected chi connectivity index (χ4v) is 3.91. The second kappa shape index (κ2) is 10.6. The third-order valence-electron chi connectivity index (χ3n) is 5.68. The maximum atomic E-state index is 12.3. The van der Waals surface area contributed by atoms with E-state index in [1.54, 1.807) is 6.07 Å². The highest BCUT2D eigenvalue weighted by Gasteiger charge is 2.19. The third-order valence-corrected chi connectivity index (χ3v) is 5.68. The van der Waals surface area contributed by atoms with Crippen LogP contribution in [0.4, 0.5) is 11.5 Å². The zero-order chi connectivity index (χ0) is 22.2. The van der Waals surface area contributed by atoms with E-state index < -0.39 is 0 Å². The molecule has 1 N–H and O–H groups in total. The lowest BCUT2D eigenvalue weighted by atomic mass is 10.1. The number of carbonyl (C=O) groups excluding carboxylic acids is 1. The van der Waals surface area contributed by atoms with Crippen molar-refractivity contribution < 1.29 is 4.79 Å². The monoisotopic (exact) mass is 431 g/mol.